The van der Waals surface area contributed by atoms with Crippen LogP contribution in [0.15, 0.2) is 53.8 Å². The fourth-order valence-electron chi connectivity index (χ4n) is 3.34. The van der Waals surface area contributed by atoms with E-state index in [1.165, 1.54) is 12.4 Å². The minimum Gasteiger partial charge on any atom is -0.494 e. The maximum Gasteiger partial charge on any atom is 0.147 e. The number of rotatable bonds is 3. The summed E-state index contributed by atoms with van der Waals surface area (Å²) >= 11 is 3.33. The van der Waals surface area contributed by atoms with Gasteiger partial charge in [0.2, 0.25) is 0 Å². The van der Waals surface area contributed by atoms with Gasteiger partial charge in [-0.15, -0.1) is 0 Å². The van der Waals surface area contributed by atoms with E-state index in [9.17, 15) is 0 Å². The smallest absolute Gasteiger partial charge is 0.147 e. The van der Waals surface area contributed by atoms with E-state index >= 15 is 0 Å². The zero-order valence-corrected chi connectivity index (χ0v) is 19.5. The highest BCUT2D eigenvalue weighted by Crippen LogP contribution is 2.29. The molecule has 5 rings (SSSR count). The van der Waals surface area contributed by atoms with Gasteiger partial charge in [-0.05, 0) is 28.1 Å². The van der Waals surface area contributed by atoms with Crippen molar-refractivity contribution in [1.29, 1.82) is 10.5 Å². The molecule has 0 aliphatic heterocycles. The molecule has 5 aromatic rings. The first-order chi connectivity index (χ1) is 16.0. The summed E-state index contributed by atoms with van der Waals surface area (Å²) in [5.41, 5.74) is 4.28. The second-order valence-corrected chi connectivity index (χ2v) is 7.77. The molecule has 0 fully saturated rings. The minimum absolute atomic E-state index is 0.495. The van der Waals surface area contributed by atoms with Crippen LogP contribution in [0.3, 0.4) is 0 Å². The molecule has 0 saturated carbocycles. The molecule has 0 atom stereocenters. The summed E-state index contributed by atoms with van der Waals surface area (Å²) in [5.74, 6) is 1.25. The van der Waals surface area contributed by atoms with E-state index < -0.39 is 0 Å². The first-order valence-corrected chi connectivity index (χ1v) is 10.3. The minimum atomic E-state index is 0.495. The molecule has 11 heteroatoms. The monoisotopic (exact) mass is 504 g/mol. The van der Waals surface area contributed by atoms with Crippen molar-refractivity contribution in [2.75, 3.05) is 14.2 Å². The number of hydrogen-bond acceptors (Lipinski definition) is 7. The third-order valence-corrected chi connectivity index (χ3v) is 5.27. The van der Waals surface area contributed by atoms with Gasteiger partial charge in [0.25, 0.3) is 0 Å². The zero-order chi connectivity index (χ0) is 23.5. The third-order valence-electron chi connectivity index (χ3n) is 4.84. The molecule has 0 saturated heterocycles. The van der Waals surface area contributed by atoms with Gasteiger partial charge in [0, 0.05) is 41.2 Å². The molecular weight excluding hydrogens is 488 g/mol. The number of hydrogen-bond donors (Lipinski definition) is 0. The Bertz CT molecular complexity index is 1550. The highest BCUT2D eigenvalue weighted by Gasteiger charge is 2.13. The lowest BCUT2D eigenvalue weighted by Gasteiger charge is -2.06. The van der Waals surface area contributed by atoms with E-state index in [-0.39, 0.29) is 0 Å². The van der Waals surface area contributed by atoms with Gasteiger partial charge in [0.15, 0.2) is 0 Å². The summed E-state index contributed by atoms with van der Waals surface area (Å²) in [4.78, 5) is 0. The van der Waals surface area contributed by atoms with Gasteiger partial charge in [-0.25, -0.2) is 9.03 Å². The van der Waals surface area contributed by atoms with Crippen LogP contribution in [0.4, 0.5) is 0 Å². The van der Waals surface area contributed by atoms with Gasteiger partial charge < -0.3 is 9.47 Å². The first kappa shape index (κ1) is 21.9. The number of fused-ring (bicyclic) bond motifs is 2. The fraction of sp³-hybridized carbons (Fsp3) is 0.136. The van der Waals surface area contributed by atoms with E-state index in [1.807, 2.05) is 25.5 Å². The van der Waals surface area contributed by atoms with Crippen LogP contribution in [0.5, 0.6) is 11.5 Å². The first-order valence-electron chi connectivity index (χ1n) is 9.54. The molecular formula is C22H17BrN8O2. The number of nitrogens with zero attached hydrogens (tertiary/aromatic N) is 8. The maximum absolute atomic E-state index is 9.06. The molecule has 0 amide bonds. The molecule has 10 nitrogen and oxygen atoms in total. The summed E-state index contributed by atoms with van der Waals surface area (Å²) in [6.45, 7) is 0. The summed E-state index contributed by atoms with van der Waals surface area (Å²) in [6.07, 6.45) is 10.4. The van der Waals surface area contributed by atoms with Crippen molar-refractivity contribution in [3.05, 3.63) is 64.9 Å². The van der Waals surface area contributed by atoms with Crippen LogP contribution in [0.1, 0.15) is 11.1 Å². The van der Waals surface area contributed by atoms with Crippen LogP contribution >= 0.6 is 15.9 Å². The highest BCUT2D eigenvalue weighted by molar-refractivity contribution is 9.10. The third kappa shape index (κ3) is 4.10. The Hall–Kier alpha value is -4.35. The van der Waals surface area contributed by atoms with E-state index in [1.54, 1.807) is 46.4 Å². The number of ether oxygens (including phenoxy) is 2. The van der Waals surface area contributed by atoms with Crippen molar-refractivity contribution in [2.24, 2.45) is 7.05 Å². The van der Waals surface area contributed by atoms with Crippen LogP contribution < -0.4 is 9.47 Å². The molecule has 5 heterocycles. The summed E-state index contributed by atoms with van der Waals surface area (Å²) in [5, 5.41) is 30.3. The average molecular weight is 505 g/mol. The van der Waals surface area contributed by atoms with Crippen molar-refractivity contribution in [1.82, 2.24) is 29.0 Å². The lowest BCUT2D eigenvalue weighted by molar-refractivity contribution is 0.417. The lowest BCUT2D eigenvalue weighted by Crippen LogP contribution is -1.94. The average Bonchev–Trinajstić information content (AvgIpc) is 3.55. The van der Waals surface area contributed by atoms with Gasteiger partial charge in [-0.2, -0.15) is 25.8 Å². The van der Waals surface area contributed by atoms with E-state index in [2.05, 4.69) is 43.4 Å². The Balaban J connectivity index is 0.000000165. The summed E-state index contributed by atoms with van der Waals surface area (Å²) in [6, 6.07) is 7.86. The quantitative estimate of drug-likeness (QED) is 0.368. The highest BCUT2D eigenvalue weighted by atomic mass is 79.9. The fourth-order valence-corrected chi connectivity index (χ4v) is 3.74. The summed E-state index contributed by atoms with van der Waals surface area (Å²) < 4.78 is 16.4. The van der Waals surface area contributed by atoms with Gasteiger partial charge in [0.05, 0.1) is 32.8 Å². The Morgan fingerprint density at radius 1 is 0.788 bits per heavy atom. The lowest BCUT2D eigenvalue weighted by atomic mass is 10.1. The Labute approximate surface area is 196 Å². The van der Waals surface area contributed by atoms with Gasteiger partial charge >= 0.3 is 0 Å². The molecule has 0 aromatic carbocycles. The zero-order valence-electron chi connectivity index (χ0n) is 17.9. The van der Waals surface area contributed by atoms with Crippen molar-refractivity contribution in [3.8, 4) is 34.8 Å². The molecule has 0 radical (unpaired) electrons. The number of methoxy groups -OCH3 is 2. The van der Waals surface area contributed by atoms with E-state index in [4.69, 9.17) is 20.0 Å². The SMILES string of the molecule is COc1cc(-c2cnn(C)c2)cn2ncc(C#N)c12.COc1cc(Br)cn2ncc(C#N)c12. The van der Waals surface area contributed by atoms with Crippen molar-refractivity contribution in [3.63, 3.8) is 0 Å². The van der Waals surface area contributed by atoms with Crippen LogP contribution in [-0.4, -0.2) is 43.2 Å². The Kier molecular flexibility index (Phi) is 5.98. The molecule has 164 valence electrons. The molecule has 5 aromatic heterocycles. The molecule has 0 aliphatic carbocycles. The maximum atomic E-state index is 9.06. The predicted molar refractivity (Wildman–Crippen MR) is 123 cm³/mol. The van der Waals surface area contributed by atoms with Crippen LogP contribution in [0.2, 0.25) is 0 Å². The largest absolute Gasteiger partial charge is 0.494 e. The molecule has 0 unspecified atom stereocenters. The van der Waals surface area contributed by atoms with Crippen molar-refractivity contribution >= 4 is 27.0 Å². The number of nitriles is 2. The number of aromatic nitrogens is 6. The molecule has 0 spiro atoms. The van der Waals surface area contributed by atoms with Crippen LogP contribution in [0.25, 0.3) is 22.2 Å². The topological polar surface area (TPSA) is 118 Å². The van der Waals surface area contributed by atoms with Crippen LogP contribution in [0, 0.1) is 22.7 Å². The van der Waals surface area contributed by atoms with E-state index in [0.29, 0.717) is 33.7 Å². The molecule has 0 bridgehead atoms. The standard InChI is InChI=1S/C13H11N5O.C9H6BrN3O/c1-17-7-11(6-15-17)9-3-12(19-2)13-10(4-14)5-16-18(13)8-9;1-14-8-2-7(10)5-13-9(8)6(3-11)4-12-13/h3,5-8H,1-2H3;2,4-5H,1H3. The van der Waals surface area contributed by atoms with Gasteiger partial charge in [-0.1, -0.05) is 0 Å². The normalized spacial score (nSPS) is 10.4. The second-order valence-electron chi connectivity index (χ2n) is 6.85. The van der Waals surface area contributed by atoms with Crippen molar-refractivity contribution in [2.45, 2.75) is 0 Å². The molecule has 0 N–H and O–H groups in total. The number of pyridine rings is 2. The summed E-state index contributed by atoms with van der Waals surface area (Å²) in [7, 11) is 5.01. The van der Waals surface area contributed by atoms with Crippen LogP contribution in [-0.2, 0) is 7.05 Å². The van der Waals surface area contributed by atoms with Gasteiger partial charge in [-0.3, -0.25) is 4.68 Å². The number of halogens is 1. The molecule has 33 heavy (non-hydrogen) atoms. The predicted octanol–water partition coefficient (Wildman–Crippen LogP) is 3.59. The van der Waals surface area contributed by atoms with E-state index in [0.717, 1.165) is 15.6 Å². The number of aryl methyl sites for hydroxylation is 1. The van der Waals surface area contributed by atoms with Gasteiger partial charge in [0.1, 0.15) is 45.8 Å². The Morgan fingerprint density at radius 2 is 1.36 bits per heavy atom. The second kappa shape index (κ2) is 9.02. The van der Waals surface area contributed by atoms with Crippen molar-refractivity contribution < 1.29 is 9.47 Å². The molecule has 0 aliphatic rings. The Morgan fingerprint density at radius 3 is 1.88 bits per heavy atom.